The Morgan fingerprint density at radius 1 is 1.32 bits per heavy atom. The number of hydrogen-bond acceptors (Lipinski definition) is 3. The molecular weight excluding hydrogens is 338 g/mol. The molecule has 2 atom stereocenters. The zero-order valence-corrected chi connectivity index (χ0v) is 15.8. The highest BCUT2D eigenvalue weighted by molar-refractivity contribution is 6.33. The topological polar surface area (TPSA) is 61.4 Å². The van der Waals surface area contributed by atoms with Crippen LogP contribution >= 0.6 is 11.6 Å². The minimum atomic E-state index is -0.599. The van der Waals surface area contributed by atoms with Crippen molar-refractivity contribution in [3.63, 3.8) is 0 Å². The molecule has 2 rings (SSSR count). The van der Waals surface area contributed by atoms with E-state index in [0.717, 1.165) is 19.5 Å². The van der Waals surface area contributed by atoms with Crippen molar-refractivity contribution in [1.82, 2.24) is 15.5 Å². The SMILES string of the molecule is C[C@H](NC(=O)c1ccccc1Cl)C(=O)NCCCN1CCCC[C@H]1C. The molecule has 0 unspecified atom stereocenters. The van der Waals surface area contributed by atoms with E-state index < -0.39 is 6.04 Å². The normalized spacial score (nSPS) is 19.2. The van der Waals surface area contributed by atoms with Crippen LogP contribution in [0.2, 0.25) is 5.02 Å². The van der Waals surface area contributed by atoms with Gasteiger partial charge in [-0.1, -0.05) is 30.2 Å². The van der Waals surface area contributed by atoms with Crippen molar-refractivity contribution in [2.75, 3.05) is 19.6 Å². The van der Waals surface area contributed by atoms with Crippen LogP contribution in [0.1, 0.15) is 49.9 Å². The second-order valence-corrected chi connectivity index (χ2v) is 7.11. The van der Waals surface area contributed by atoms with E-state index in [1.54, 1.807) is 31.2 Å². The molecule has 0 aliphatic carbocycles. The van der Waals surface area contributed by atoms with Gasteiger partial charge in [-0.25, -0.2) is 0 Å². The summed E-state index contributed by atoms with van der Waals surface area (Å²) in [6.45, 7) is 6.72. The summed E-state index contributed by atoms with van der Waals surface area (Å²) in [6.07, 6.45) is 4.76. The number of piperidine rings is 1. The van der Waals surface area contributed by atoms with E-state index >= 15 is 0 Å². The van der Waals surface area contributed by atoms with E-state index in [2.05, 4.69) is 22.5 Å². The second-order valence-electron chi connectivity index (χ2n) is 6.70. The fourth-order valence-corrected chi connectivity index (χ4v) is 3.34. The molecule has 2 amide bonds. The number of halogens is 1. The van der Waals surface area contributed by atoms with Gasteiger partial charge in [0.25, 0.3) is 5.91 Å². The van der Waals surface area contributed by atoms with Gasteiger partial charge < -0.3 is 15.5 Å². The molecule has 25 heavy (non-hydrogen) atoms. The number of likely N-dealkylation sites (tertiary alicyclic amines) is 1. The number of carbonyl (C=O) groups excluding carboxylic acids is 2. The third kappa shape index (κ3) is 6.01. The van der Waals surface area contributed by atoms with E-state index in [0.29, 0.717) is 23.2 Å². The Morgan fingerprint density at radius 2 is 2.08 bits per heavy atom. The molecule has 6 heteroatoms. The minimum Gasteiger partial charge on any atom is -0.354 e. The van der Waals surface area contributed by atoms with Crippen LogP contribution in [0.25, 0.3) is 0 Å². The van der Waals surface area contributed by atoms with Crippen LogP contribution in [0, 0.1) is 0 Å². The fraction of sp³-hybridized carbons (Fsp3) is 0.579. The predicted molar refractivity (Wildman–Crippen MR) is 101 cm³/mol. The lowest BCUT2D eigenvalue weighted by Crippen LogP contribution is -2.45. The van der Waals surface area contributed by atoms with Crippen molar-refractivity contribution in [2.24, 2.45) is 0 Å². The van der Waals surface area contributed by atoms with Gasteiger partial charge in [0.05, 0.1) is 10.6 Å². The highest BCUT2D eigenvalue weighted by atomic mass is 35.5. The van der Waals surface area contributed by atoms with Crippen molar-refractivity contribution in [1.29, 1.82) is 0 Å². The molecule has 2 N–H and O–H groups in total. The number of benzene rings is 1. The average molecular weight is 366 g/mol. The van der Waals surface area contributed by atoms with Gasteiger partial charge in [-0.3, -0.25) is 9.59 Å². The molecule has 0 bridgehead atoms. The molecule has 1 aromatic carbocycles. The standard InChI is InChI=1S/C19H28ClN3O2/c1-14-8-5-6-12-23(14)13-7-11-21-18(24)15(2)22-19(25)16-9-3-4-10-17(16)20/h3-4,9-10,14-15H,5-8,11-13H2,1-2H3,(H,21,24)(H,22,25)/t14-,15+/m1/s1. The van der Waals surface area contributed by atoms with Crippen LogP contribution in [0.4, 0.5) is 0 Å². The monoisotopic (exact) mass is 365 g/mol. The fourth-order valence-electron chi connectivity index (χ4n) is 3.12. The van der Waals surface area contributed by atoms with Gasteiger partial charge in [0, 0.05) is 19.1 Å². The Labute approximate surface area is 155 Å². The Morgan fingerprint density at radius 3 is 2.80 bits per heavy atom. The quantitative estimate of drug-likeness (QED) is 0.730. The summed E-state index contributed by atoms with van der Waals surface area (Å²) in [7, 11) is 0. The molecule has 0 spiro atoms. The van der Waals surface area contributed by atoms with Gasteiger partial charge in [0.2, 0.25) is 5.91 Å². The zero-order chi connectivity index (χ0) is 18.2. The summed E-state index contributed by atoms with van der Waals surface area (Å²) in [5.41, 5.74) is 0.378. The molecule has 1 fully saturated rings. The molecule has 1 aliphatic heterocycles. The van der Waals surface area contributed by atoms with Gasteiger partial charge in [0.15, 0.2) is 0 Å². The lowest BCUT2D eigenvalue weighted by molar-refractivity contribution is -0.122. The van der Waals surface area contributed by atoms with Gasteiger partial charge >= 0.3 is 0 Å². The number of hydrogen-bond donors (Lipinski definition) is 2. The number of carbonyl (C=O) groups is 2. The molecule has 0 aromatic heterocycles. The van der Waals surface area contributed by atoms with Crippen LogP contribution in [-0.4, -0.2) is 48.4 Å². The molecule has 1 saturated heterocycles. The number of rotatable bonds is 7. The van der Waals surface area contributed by atoms with E-state index in [4.69, 9.17) is 11.6 Å². The maximum absolute atomic E-state index is 12.2. The number of nitrogens with zero attached hydrogens (tertiary/aromatic N) is 1. The first-order valence-corrected chi connectivity index (χ1v) is 9.44. The van der Waals surface area contributed by atoms with Crippen molar-refractivity contribution >= 4 is 23.4 Å². The minimum absolute atomic E-state index is 0.174. The largest absolute Gasteiger partial charge is 0.354 e. The Bertz CT molecular complexity index is 594. The Hall–Kier alpha value is -1.59. The van der Waals surface area contributed by atoms with Gasteiger partial charge in [-0.15, -0.1) is 0 Å². The smallest absolute Gasteiger partial charge is 0.253 e. The highest BCUT2D eigenvalue weighted by Gasteiger charge is 2.19. The van der Waals surface area contributed by atoms with Gasteiger partial charge in [-0.2, -0.15) is 0 Å². The van der Waals surface area contributed by atoms with E-state index in [9.17, 15) is 9.59 Å². The van der Waals surface area contributed by atoms with Crippen LogP contribution < -0.4 is 10.6 Å². The maximum atomic E-state index is 12.2. The van der Waals surface area contributed by atoms with Crippen molar-refractivity contribution in [2.45, 2.75) is 51.6 Å². The molecule has 5 nitrogen and oxygen atoms in total. The molecule has 1 aromatic rings. The molecule has 0 radical (unpaired) electrons. The number of amides is 2. The van der Waals surface area contributed by atoms with Crippen LogP contribution in [-0.2, 0) is 4.79 Å². The summed E-state index contributed by atoms with van der Waals surface area (Å²) < 4.78 is 0. The third-order valence-corrected chi connectivity index (χ3v) is 5.05. The first-order chi connectivity index (χ1) is 12.0. The van der Waals surface area contributed by atoms with Gasteiger partial charge in [0.1, 0.15) is 6.04 Å². The summed E-state index contributed by atoms with van der Waals surface area (Å²) in [5.74, 6) is -0.512. The van der Waals surface area contributed by atoms with Crippen molar-refractivity contribution in [3.05, 3.63) is 34.9 Å². The second kappa shape index (κ2) is 9.78. The van der Waals surface area contributed by atoms with Crippen LogP contribution in [0.15, 0.2) is 24.3 Å². The summed E-state index contributed by atoms with van der Waals surface area (Å²) >= 11 is 6.00. The lowest BCUT2D eigenvalue weighted by Gasteiger charge is -2.33. The number of nitrogens with one attached hydrogen (secondary N) is 2. The molecule has 0 saturated carbocycles. The molecule has 138 valence electrons. The summed E-state index contributed by atoms with van der Waals surface area (Å²) in [6, 6.07) is 6.84. The van der Waals surface area contributed by atoms with Crippen LogP contribution in [0.5, 0.6) is 0 Å². The van der Waals surface area contributed by atoms with Crippen molar-refractivity contribution < 1.29 is 9.59 Å². The maximum Gasteiger partial charge on any atom is 0.253 e. The highest BCUT2D eigenvalue weighted by Crippen LogP contribution is 2.16. The first kappa shape index (κ1) is 19.7. The Kier molecular flexibility index (Phi) is 7.72. The first-order valence-electron chi connectivity index (χ1n) is 9.06. The molecular formula is C19H28ClN3O2. The molecule has 1 aliphatic rings. The van der Waals surface area contributed by atoms with Crippen molar-refractivity contribution in [3.8, 4) is 0 Å². The van der Waals surface area contributed by atoms with E-state index in [-0.39, 0.29) is 11.8 Å². The third-order valence-electron chi connectivity index (χ3n) is 4.72. The van der Waals surface area contributed by atoms with Gasteiger partial charge in [-0.05, 0) is 51.8 Å². The zero-order valence-electron chi connectivity index (χ0n) is 15.1. The Balaban J connectivity index is 1.69. The molecule has 1 heterocycles. The predicted octanol–water partition coefficient (Wildman–Crippen LogP) is 2.84. The lowest BCUT2D eigenvalue weighted by atomic mass is 10.0. The summed E-state index contributed by atoms with van der Waals surface area (Å²) in [5, 5.41) is 5.96. The van der Waals surface area contributed by atoms with Crippen LogP contribution in [0.3, 0.4) is 0 Å². The average Bonchev–Trinajstić information content (AvgIpc) is 2.60. The van der Waals surface area contributed by atoms with E-state index in [1.807, 2.05) is 0 Å². The van der Waals surface area contributed by atoms with E-state index in [1.165, 1.54) is 19.3 Å². The summed E-state index contributed by atoms with van der Waals surface area (Å²) in [4.78, 5) is 26.8.